The molecule has 0 rings (SSSR count). The van der Waals surface area contributed by atoms with Gasteiger partial charge < -0.3 is 5.11 Å². The van der Waals surface area contributed by atoms with Crippen molar-refractivity contribution in [3.05, 3.63) is 0 Å². The fourth-order valence-corrected chi connectivity index (χ4v) is 2.66. The van der Waals surface area contributed by atoms with Gasteiger partial charge in [0.15, 0.2) is 0 Å². The van der Waals surface area contributed by atoms with E-state index < -0.39 is 0 Å². The first kappa shape index (κ1) is 16.0. The van der Waals surface area contributed by atoms with Crippen LogP contribution in [-0.4, -0.2) is 11.2 Å². The minimum absolute atomic E-state index is 0.0793. The Morgan fingerprint density at radius 2 is 1.62 bits per heavy atom. The molecule has 0 aromatic carbocycles. The third-order valence-electron chi connectivity index (χ3n) is 4.07. The van der Waals surface area contributed by atoms with Crippen molar-refractivity contribution in [1.29, 1.82) is 0 Å². The fourth-order valence-electron chi connectivity index (χ4n) is 2.66. The van der Waals surface area contributed by atoms with E-state index in [1.165, 1.54) is 44.9 Å². The lowest BCUT2D eigenvalue weighted by Gasteiger charge is -2.33. The smallest absolute Gasteiger partial charge is 0.0537 e. The Labute approximate surface area is 103 Å². The first-order valence-corrected chi connectivity index (χ1v) is 7.32. The van der Waals surface area contributed by atoms with Crippen molar-refractivity contribution in [2.24, 2.45) is 5.41 Å². The Hall–Kier alpha value is -0.0400. The number of aliphatic hydroxyl groups excluding tert-OH is 1. The van der Waals surface area contributed by atoms with Crippen molar-refractivity contribution in [2.75, 3.05) is 0 Å². The Bertz CT molecular complexity index is 156. The van der Waals surface area contributed by atoms with Crippen LogP contribution >= 0.6 is 0 Å². The van der Waals surface area contributed by atoms with Crippen LogP contribution in [-0.2, 0) is 0 Å². The summed E-state index contributed by atoms with van der Waals surface area (Å²) in [5, 5.41) is 9.71. The quantitative estimate of drug-likeness (QED) is 0.562. The molecule has 0 bridgehead atoms. The minimum atomic E-state index is -0.0793. The molecule has 0 spiro atoms. The zero-order chi connectivity index (χ0) is 12.4. The van der Waals surface area contributed by atoms with E-state index >= 15 is 0 Å². The highest BCUT2D eigenvalue weighted by molar-refractivity contribution is 4.78. The van der Waals surface area contributed by atoms with E-state index in [4.69, 9.17) is 0 Å². The number of aliphatic hydroxyl groups is 1. The van der Waals surface area contributed by atoms with Crippen molar-refractivity contribution in [3.8, 4) is 0 Å². The van der Waals surface area contributed by atoms with E-state index in [-0.39, 0.29) is 6.10 Å². The summed E-state index contributed by atoms with van der Waals surface area (Å²) >= 11 is 0. The minimum Gasteiger partial charge on any atom is -0.393 e. The van der Waals surface area contributed by atoms with Crippen LogP contribution < -0.4 is 0 Å². The van der Waals surface area contributed by atoms with E-state index in [1.807, 2.05) is 0 Å². The number of hydrogen-bond acceptors (Lipinski definition) is 1. The molecule has 0 aromatic heterocycles. The molecule has 0 amide bonds. The second-order valence-electron chi connectivity index (χ2n) is 5.31. The molecule has 0 aliphatic rings. The van der Waals surface area contributed by atoms with E-state index in [0.717, 1.165) is 12.8 Å². The molecule has 0 aliphatic heterocycles. The SMILES string of the molecule is CCCCC(CC)(CCC)CCC(O)CC. The van der Waals surface area contributed by atoms with Gasteiger partial charge in [-0.15, -0.1) is 0 Å². The van der Waals surface area contributed by atoms with Crippen LogP contribution in [0.1, 0.15) is 85.5 Å². The van der Waals surface area contributed by atoms with Gasteiger partial charge in [-0.1, -0.05) is 53.4 Å². The van der Waals surface area contributed by atoms with Gasteiger partial charge in [0.05, 0.1) is 6.10 Å². The normalized spacial score (nSPS) is 17.1. The molecule has 98 valence electrons. The molecule has 0 aromatic rings. The van der Waals surface area contributed by atoms with E-state index in [1.54, 1.807) is 0 Å². The predicted molar refractivity (Wildman–Crippen MR) is 72.7 cm³/mol. The van der Waals surface area contributed by atoms with Gasteiger partial charge in [0.2, 0.25) is 0 Å². The van der Waals surface area contributed by atoms with E-state index in [9.17, 15) is 5.11 Å². The molecule has 0 heterocycles. The second-order valence-corrected chi connectivity index (χ2v) is 5.31. The Morgan fingerprint density at radius 3 is 2.06 bits per heavy atom. The lowest BCUT2D eigenvalue weighted by Crippen LogP contribution is -2.22. The summed E-state index contributed by atoms with van der Waals surface area (Å²) in [5.41, 5.74) is 0.515. The molecule has 0 saturated heterocycles. The Balaban J connectivity index is 4.25. The molecule has 1 N–H and O–H groups in total. The van der Waals surface area contributed by atoms with E-state index in [2.05, 4.69) is 27.7 Å². The maximum absolute atomic E-state index is 9.71. The number of rotatable bonds is 10. The van der Waals surface area contributed by atoms with Gasteiger partial charge in [0.25, 0.3) is 0 Å². The zero-order valence-corrected chi connectivity index (χ0v) is 11.9. The van der Waals surface area contributed by atoms with E-state index in [0.29, 0.717) is 5.41 Å². The standard InChI is InChI=1S/C15H32O/c1-5-9-12-15(8-4,11-6-2)13-10-14(16)7-3/h14,16H,5-13H2,1-4H3. The van der Waals surface area contributed by atoms with Gasteiger partial charge in [-0.2, -0.15) is 0 Å². The summed E-state index contributed by atoms with van der Waals surface area (Å²) < 4.78 is 0. The molecule has 1 heteroatoms. The van der Waals surface area contributed by atoms with Crippen LogP contribution in [0.2, 0.25) is 0 Å². The molecule has 0 saturated carbocycles. The maximum atomic E-state index is 9.71. The first-order chi connectivity index (χ1) is 7.64. The second kappa shape index (κ2) is 9.04. The summed E-state index contributed by atoms with van der Waals surface area (Å²) in [7, 11) is 0. The third-order valence-corrected chi connectivity index (χ3v) is 4.07. The molecule has 2 atom stereocenters. The van der Waals surface area contributed by atoms with Crippen LogP contribution in [0.4, 0.5) is 0 Å². The highest BCUT2D eigenvalue weighted by atomic mass is 16.3. The van der Waals surface area contributed by atoms with Gasteiger partial charge >= 0.3 is 0 Å². The van der Waals surface area contributed by atoms with Crippen molar-refractivity contribution in [3.63, 3.8) is 0 Å². The average Bonchev–Trinajstić information content (AvgIpc) is 2.32. The summed E-state index contributed by atoms with van der Waals surface area (Å²) in [5.74, 6) is 0. The van der Waals surface area contributed by atoms with Crippen LogP contribution in [0.25, 0.3) is 0 Å². The van der Waals surface area contributed by atoms with Crippen molar-refractivity contribution in [2.45, 2.75) is 91.6 Å². The number of unbranched alkanes of at least 4 members (excludes halogenated alkanes) is 1. The average molecular weight is 228 g/mol. The molecule has 0 fully saturated rings. The fraction of sp³-hybridized carbons (Fsp3) is 1.00. The van der Waals surface area contributed by atoms with Crippen LogP contribution in [0.5, 0.6) is 0 Å². The Kier molecular flexibility index (Phi) is 9.02. The lowest BCUT2D eigenvalue weighted by atomic mass is 9.72. The summed E-state index contributed by atoms with van der Waals surface area (Å²) in [6.45, 7) is 8.95. The highest BCUT2D eigenvalue weighted by Crippen LogP contribution is 2.39. The zero-order valence-electron chi connectivity index (χ0n) is 11.9. The Morgan fingerprint density at radius 1 is 0.938 bits per heavy atom. The summed E-state index contributed by atoms with van der Waals surface area (Å²) in [6.07, 6.45) is 10.9. The largest absolute Gasteiger partial charge is 0.393 e. The lowest BCUT2D eigenvalue weighted by molar-refractivity contribution is 0.115. The molecule has 1 nitrogen and oxygen atoms in total. The summed E-state index contributed by atoms with van der Waals surface area (Å²) in [4.78, 5) is 0. The third kappa shape index (κ3) is 5.89. The first-order valence-electron chi connectivity index (χ1n) is 7.32. The van der Waals surface area contributed by atoms with Crippen LogP contribution in [0.3, 0.4) is 0 Å². The van der Waals surface area contributed by atoms with Gasteiger partial charge in [-0.3, -0.25) is 0 Å². The van der Waals surface area contributed by atoms with Gasteiger partial charge in [-0.25, -0.2) is 0 Å². The number of hydrogen-bond donors (Lipinski definition) is 1. The topological polar surface area (TPSA) is 20.2 Å². The monoisotopic (exact) mass is 228 g/mol. The molecular weight excluding hydrogens is 196 g/mol. The van der Waals surface area contributed by atoms with Crippen molar-refractivity contribution in [1.82, 2.24) is 0 Å². The molecular formula is C15H32O. The predicted octanol–water partition coefficient (Wildman–Crippen LogP) is 4.92. The van der Waals surface area contributed by atoms with Gasteiger partial charge in [0, 0.05) is 0 Å². The van der Waals surface area contributed by atoms with Gasteiger partial charge in [-0.05, 0) is 37.5 Å². The molecule has 0 aliphatic carbocycles. The van der Waals surface area contributed by atoms with Gasteiger partial charge in [0.1, 0.15) is 0 Å². The summed E-state index contributed by atoms with van der Waals surface area (Å²) in [6, 6.07) is 0. The molecule has 16 heavy (non-hydrogen) atoms. The van der Waals surface area contributed by atoms with Crippen molar-refractivity contribution >= 4 is 0 Å². The molecule has 2 unspecified atom stereocenters. The van der Waals surface area contributed by atoms with Crippen LogP contribution in [0.15, 0.2) is 0 Å². The van der Waals surface area contributed by atoms with Crippen LogP contribution in [0, 0.1) is 5.41 Å². The molecule has 0 radical (unpaired) electrons. The van der Waals surface area contributed by atoms with Crippen molar-refractivity contribution < 1.29 is 5.11 Å². The maximum Gasteiger partial charge on any atom is 0.0537 e. The highest BCUT2D eigenvalue weighted by Gasteiger charge is 2.26.